The lowest BCUT2D eigenvalue weighted by Gasteiger charge is -2.29. The summed E-state index contributed by atoms with van der Waals surface area (Å²) in [6, 6.07) is 5.42. The second-order valence-corrected chi connectivity index (χ2v) is 11.3. The summed E-state index contributed by atoms with van der Waals surface area (Å²) in [6.45, 7) is 9.58. The highest BCUT2D eigenvalue weighted by Gasteiger charge is 2.35. The van der Waals surface area contributed by atoms with Gasteiger partial charge in [0.2, 0.25) is 0 Å². The van der Waals surface area contributed by atoms with Gasteiger partial charge in [-0.2, -0.15) is 18.1 Å². The first-order valence-corrected chi connectivity index (χ1v) is 13.0. The third kappa shape index (κ3) is 7.49. The summed E-state index contributed by atoms with van der Waals surface area (Å²) >= 11 is 1.19. The zero-order chi connectivity index (χ0) is 29.3. The number of hydrogen-bond donors (Lipinski definition) is 0. The van der Waals surface area contributed by atoms with Crippen molar-refractivity contribution >= 4 is 40.7 Å². The molecule has 2 aromatic heterocycles. The Labute approximate surface area is 227 Å². The van der Waals surface area contributed by atoms with E-state index in [0.717, 1.165) is 18.2 Å². The van der Waals surface area contributed by atoms with Crippen molar-refractivity contribution in [3.05, 3.63) is 58.0 Å². The van der Waals surface area contributed by atoms with Crippen LogP contribution in [0.2, 0.25) is 0 Å². The van der Waals surface area contributed by atoms with E-state index >= 15 is 0 Å². The number of aromatic nitrogens is 3. The third-order valence-corrected chi connectivity index (χ3v) is 5.56. The molecule has 1 aromatic carbocycles. The van der Waals surface area contributed by atoms with Crippen LogP contribution < -0.4 is 10.5 Å². The van der Waals surface area contributed by atoms with Gasteiger partial charge < -0.3 is 9.47 Å². The van der Waals surface area contributed by atoms with Gasteiger partial charge in [-0.05, 0) is 65.5 Å². The molecule has 0 aliphatic heterocycles. The highest BCUT2D eigenvalue weighted by molar-refractivity contribution is 7.98. The number of pyridine rings is 1. The van der Waals surface area contributed by atoms with Crippen LogP contribution in [0.1, 0.15) is 52.7 Å². The molecule has 0 spiro atoms. The number of rotatable bonds is 4. The van der Waals surface area contributed by atoms with E-state index in [4.69, 9.17) is 9.47 Å². The van der Waals surface area contributed by atoms with Crippen LogP contribution in [0.4, 0.5) is 28.4 Å². The SMILES string of the molecule is CSc1ncc2c(N(C(=O)OC(C)(C)C)C(=O)OC(C)(C)C)cc(=O)n(Cc3ccc(C(F)(F)F)cc3)c2n1. The molecular formula is C26H29F3N4O5S. The molecule has 210 valence electrons. The maximum absolute atomic E-state index is 13.4. The molecule has 3 rings (SSSR count). The maximum Gasteiger partial charge on any atom is 0.424 e. The first-order chi connectivity index (χ1) is 17.9. The molecular weight excluding hydrogens is 537 g/mol. The van der Waals surface area contributed by atoms with E-state index in [1.54, 1.807) is 47.8 Å². The number of nitrogens with zero attached hydrogens (tertiary/aromatic N) is 4. The van der Waals surface area contributed by atoms with Gasteiger partial charge in [-0.1, -0.05) is 23.9 Å². The molecule has 9 nitrogen and oxygen atoms in total. The van der Waals surface area contributed by atoms with E-state index in [-0.39, 0.29) is 23.3 Å². The summed E-state index contributed by atoms with van der Waals surface area (Å²) in [5.41, 5.74) is -3.14. The number of fused-ring (bicyclic) bond motifs is 1. The quantitative estimate of drug-likeness (QED) is 0.269. The summed E-state index contributed by atoms with van der Waals surface area (Å²) in [6.07, 6.45) is -3.58. The Balaban J connectivity index is 2.22. The van der Waals surface area contributed by atoms with Crippen molar-refractivity contribution in [2.75, 3.05) is 11.2 Å². The van der Waals surface area contributed by atoms with Crippen LogP contribution in [0.3, 0.4) is 0 Å². The molecule has 0 radical (unpaired) electrons. The van der Waals surface area contributed by atoms with E-state index in [2.05, 4.69) is 9.97 Å². The first kappa shape index (κ1) is 29.9. The second kappa shape index (κ2) is 10.9. The number of benzene rings is 1. The molecule has 0 bridgehead atoms. The van der Waals surface area contributed by atoms with Crippen LogP contribution in [0.25, 0.3) is 11.0 Å². The second-order valence-electron chi connectivity index (χ2n) is 10.5. The largest absolute Gasteiger partial charge is 0.443 e. The lowest BCUT2D eigenvalue weighted by atomic mass is 10.1. The Kier molecular flexibility index (Phi) is 8.34. The van der Waals surface area contributed by atoms with Crippen LogP contribution >= 0.6 is 11.8 Å². The number of amides is 2. The van der Waals surface area contributed by atoms with Gasteiger partial charge in [0.25, 0.3) is 5.56 Å². The van der Waals surface area contributed by atoms with Crippen molar-refractivity contribution in [3.63, 3.8) is 0 Å². The predicted molar refractivity (Wildman–Crippen MR) is 141 cm³/mol. The number of thioether (sulfide) groups is 1. The number of carbonyl (C=O) groups excluding carboxylic acids is 2. The van der Waals surface area contributed by atoms with Crippen LogP contribution in [0.5, 0.6) is 0 Å². The number of hydrogen-bond acceptors (Lipinski definition) is 8. The number of ether oxygens (including phenoxy) is 2. The van der Waals surface area contributed by atoms with Crippen molar-refractivity contribution in [2.24, 2.45) is 0 Å². The number of alkyl halides is 3. The van der Waals surface area contributed by atoms with Gasteiger partial charge in [0.1, 0.15) is 16.8 Å². The van der Waals surface area contributed by atoms with Crippen LogP contribution in [0.15, 0.2) is 46.5 Å². The van der Waals surface area contributed by atoms with Crippen molar-refractivity contribution in [1.29, 1.82) is 0 Å². The standard InChI is InChI=1S/C26H29F3N4O5S/c1-24(2,3)37-22(35)33(23(36)38-25(4,5)6)18-12-19(34)32(20-17(18)13-30-21(31-20)39-7)14-15-8-10-16(11-9-15)26(27,28)29/h8-13H,14H2,1-7H3. The fourth-order valence-electron chi connectivity index (χ4n) is 3.42. The van der Waals surface area contributed by atoms with Gasteiger partial charge in [-0.3, -0.25) is 9.36 Å². The average Bonchev–Trinajstić information content (AvgIpc) is 2.78. The molecule has 0 fully saturated rings. The van der Waals surface area contributed by atoms with Crippen molar-refractivity contribution in [2.45, 2.75) is 70.6 Å². The molecule has 0 saturated carbocycles. The van der Waals surface area contributed by atoms with Gasteiger partial charge in [-0.15, -0.1) is 0 Å². The molecule has 0 unspecified atom stereocenters. The van der Waals surface area contributed by atoms with Crippen molar-refractivity contribution in [3.8, 4) is 0 Å². The summed E-state index contributed by atoms with van der Waals surface area (Å²) in [4.78, 5) is 49.1. The highest BCUT2D eigenvalue weighted by Crippen LogP contribution is 2.31. The van der Waals surface area contributed by atoms with E-state index in [1.165, 1.54) is 34.7 Å². The van der Waals surface area contributed by atoms with Crippen LogP contribution in [0, 0.1) is 0 Å². The van der Waals surface area contributed by atoms with Crippen molar-refractivity contribution in [1.82, 2.24) is 14.5 Å². The van der Waals surface area contributed by atoms with Gasteiger partial charge in [0.15, 0.2) is 5.16 Å². The molecule has 0 saturated heterocycles. The molecule has 0 aliphatic rings. The topological polar surface area (TPSA) is 104 Å². The lowest BCUT2D eigenvalue weighted by Crippen LogP contribution is -2.44. The Morgan fingerprint density at radius 3 is 1.97 bits per heavy atom. The Morgan fingerprint density at radius 2 is 1.51 bits per heavy atom. The first-order valence-electron chi connectivity index (χ1n) is 11.8. The number of halogens is 3. The van der Waals surface area contributed by atoms with Gasteiger partial charge in [0.05, 0.1) is 23.2 Å². The Bertz CT molecular complexity index is 1410. The fraction of sp³-hybridized carbons (Fsp3) is 0.423. The molecule has 3 aromatic rings. The molecule has 0 N–H and O–H groups in total. The lowest BCUT2D eigenvalue weighted by molar-refractivity contribution is -0.137. The van der Waals surface area contributed by atoms with Gasteiger partial charge in [-0.25, -0.2) is 19.6 Å². The van der Waals surface area contributed by atoms with Crippen molar-refractivity contribution < 1.29 is 32.2 Å². The predicted octanol–water partition coefficient (Wildman–Crippen LogP) is 6.26. The highest BCUT2D eigenvalue weighted by atomic mass is 32.2. The van der Waals surface area contributed by atoms with E-state index < -0.39 is 40.7 Å². The summed E-state index contributed by atoms with van der Waals surface area (Å²) in [5, 5.41) is 0.442. The van der Waals surface area contributed by atoms with Gasteiger partial charge in [0, 0.05) is 12.3 Å². The fourth-order valence-corrected chi connectivity index (χ4v) is 3.76. The number of carbonyl (C=O) groups is 2. The van der Waals surface area contributed by atoms with E-state index in [9.17, 15) is 27.6 Å². The minimum atomic E-state index is -4.50. The van der Waals surface area contributed by atoms with Gasteiger partial charge >= 0.3 is 18.4 Å². The Morgan fingerprint density at radius 1 is 0.974 bits per heavy atom. The van der Waals surface area contributed by atoms with Crippen LogP contribution in [-0.2, 0) is 22.2 Å². The average molecular weight is 567 g/mol. The van der Waals surface area contributed by atoms with E-state index in [1.807, 2.05) is 0 Å². The third-order valence-electron chi connectivity index (χ3n) is 5.00. The normalized spacial score (nSPS) is 12.4. The summed E-state index contributed by atoms with van der Waals surface area (Å²) in [7, 11) is 0. The molecule has 2 heterocycles. The number of anilines is 1. The van der Waals surface area contributed by atoms with Crippen LogP contribution in [-0.4, -0.2) is 44.2 Å². The Hall–Kier alpha value is -3.61. The summed E-state index contributed by atoms with van der Waals surface area (Å²) in [5.74, 6) is 0. The molecule has 39 heavy (non-hydrogen) atoms. The maximum atomic E-state index is 13.4. The molecule has 0 atom stereocenters. The minimum Gasteiger partial charge on any atom is -0.443 e. The summed E-state index contributed by atoms with van der Waals surface area (Å²) < 4.78 is 51.1. The smallest absolute Gasteiger partial charge is 0.424 e. The minimum absolute atomic E-state index is 0.0638. The molecule has 0 aliphatic carbocycles. The number of imide groups is 1. The zero-order valence-electron chi connectivity index (χ0n) is 22.5. The zero-order valence-corrected chi connectivity index (χ0v) is 23.4. The molecule has 2 amide bonds. The monoisotopic (exact) mass is 566 g/mol. The molecule has 13 heteroatoms. The van der Waals surface area contributed by atoms with E-state index in [0.29, 0.717) is 15.6 Å².